The van der Waals surface area contributed by atoms with Crippen LogP contribution in [0.4, 0.5) is 10.1 Å². The third-order valence-corrected chi connectivity index (χ3v) is 6.00. The van der Waals surface area contributed by atoms with Crippen molar-refractivity contribution in [3.05, 3.63) is 94.5 Å². The van der Waals surface area contributed by atoms with Gasteiger partial charge in [0.1, 0.15) is 16.9 Å². The molecule has 2 heterocycles. The number of halogens is 1. The SMILES string of the molecule is Cc1cccc(-n2c(SCC(=O)Nc3cccc(F)c3)nc3c(oc4ccccc43)c2=O)c1. The second-order valence-electron chi connectivity index (χ2n) is 7.50. The summed E-state index contributed by atoms with van der Waals surface area (Å²) in [4.78, 5) is 30.7. The quantitative estimate of drug-likeness (QED) is 0.285. The Morgan fingerprint density at radius 1 is 1.09 bits per heavy atom. The van der Waals surface area contributed by atoms with E-state index in [0.717, 1.165) is 22.7 Å². The Kier molecular flexibility index (Phi) is 5.43. The van der Waals surface area contributed by atoms with E-state index in [1.54, 1.807) is 18.2 Å². The van der Waals surface area contributed by atoms with Crippen LogP contribution in [-0.4, -0.2) is 21.2 Å². The number of hydrogen-bond donors (Lipinski definition) is 1. The molecular weight excluding hydrogens is 441 g/mol. The third kappa shape index (κ3) is 4.12. The molecule has 0 bridgehead atoms. The van der Waals surface area contributed by atoms with Gasteiger partial charge in [-0.2, -0.15) is 0 Å². The monoisotopic (exact) mass is 459 g/mol. The average Bonchev–Trinajstić information content (AvgIpc) is 3.17. The molecule has 0 atom stereocenters. The van der Waals surface area contributed by atoms with Crippen molar-refractivity contribution in [2.45, 2.75) is 12.1 Å². The van der Waals surface area contributed by atoms with Gasteiger partial charge in [0, 0.05) is 11.1 Å². The summed E-state index contributed by atoms with van der Waals surface area (Å²) < 4.78 is 20.7. The van der Waals surface area contributed by atoms with Crippen molar-refractivity contribution in [2.75, 3.05) is 11.1 Å². The summed E-state index contributed by atoms with van der Waals surface area (Å²) in [5, 5.41) is 3.75. The van der Waals surface area contributed by atoms with Gasteiger partial charge in [-0.25, -0.2) is 9.37 Å². The number of aryl methyl sites for hydroxylation is 1. The van der Waals surface area contributed by atoms with E-state index in [2.05, 4.69) is 5.32 Å². The number of aromatic nitrogens is 2. The predicted octanol–water partition coefficient (Wildman–Crippen LogP) is 5.31. The Morgan fingerprint density at radius 2 is 1.91 bits per heavy atom. The van der Waals surface area contributed by atoms with Crippen molar-refractivity contribution in [3.63, 3.8) is 0 Å². The molecule has 164 valence electrons. The molecule has 0 spiro atoms. The van der Waals surface area contributed by atoms with Gasteiger partial charge in [0.15, 0.2) is 5.16 Å². The van der Waals surface area contributed by atoms with E-state index in [1.165, 1.54) is 22.8 Å². The van der Waals surface area contributed by atoms with Crippen LogP contribution in [-0.2, 0) is 4.79 Å². The number of carbonyl (C=O) groups excluding carboxylic acids is 1. The van der Waals surface area contributed by atoms with Crippen LogP contribution < -0.4 is 10.9 Å². The molecule has 0 fully saturated rings. The van der Waals surface area contributed by atoms with E-state index in [1.807, 2.05) is 43.3 Å². The Bertz CT molecular complexity index is 1570. The van der Waals surface area contributed by atoms with Crippen molar-refractivity contribution < 1.29 is 13.6 Å². The number of nitrogens with one attached hydrogen (secondary N) is 1. The first-order valence-corrected chi connectivity index (χ1v) is 11.2. The number of anilines is 1. The first-order chi connectivity index (χ1) is 16.0. The Balaban J connectivity index is 1.57. The van der Waals surface area contributed by atoms with E-state index in [9.17, 15) is 14.0 Å². The minimum Gasteiger partial charge on any atom is -0.448 e. The largest absolute Gasteiger partial charge is 0.448 e. The summed E-state index contributed by atoms with van der Waals surface area (Å²) >= 11 is 1.12. The molecule has 6 nitrogen and oxygen atoms in total. The molecule has 0 radical (unpaired) electrons. The number of furan rings is 1. The lowest BCUT2D eigenvalue weighted by molar-refractivity contribution is -0.113. The molecule has 0 saturated carbocycles. The van der Waals surface area contributed by atoms with Crippen LogP contribution in [0, 0.1) is 12.7 Å². The molecule has 0 aliphatic carbocycles. The van der Waals surface area contributed by atoms with Crippen LogP contribution in [0.25, 0.3) is 27.8 Å². The third-order valence-electron chi connectivity index (χ3n) is 5.07. The Labute approximate surface area is 192 Å². The normalized spacial score (nSPS) is 11.2. The van der Waals surface area contributed by atoms with E-state index in [4.69, 9.17) is 9.40 Å². The molecular formula is C25H18FN3O3S. The standard InChI is InChI=1S/C25H18FN3O3S/c1-15-6-4-9-18(12-15)29-24(31)23-22(19-10-2-3-11-20(19)32-23)28-25(29)33-14-21(30)27-17-8-5-7-16(26)13-17/h2-13H,14H2,1H3,(H,27,30). The lowest BCUT2D eigenvalue weighted by Gasteiger charge is -2.12. The lowest BCUT2D eigenvalue weighted by Crippen LogP contribution is -2.22. The summed E-state index contributed by atoms with van der Waals surface area (Å²) in [5.41, 5.74) is 2.79. The van der Waals surface area contributed by atoms with Gasteiger partial charge < -0.3 is 9.73 Å². The van der Waals surface area contributed by atoms with E-state index >= 15 is 0 Å². The first kappa shape index (κ1) is 21.0. The number of benzene rings is 3. The van der Waals surface area contributed by atoms with Gasteiger partial charge in [-0.15, -0.1) is 0 Å². The number of hydrogen-bond acceptors (Lipinski definition) is 5. The van der Waals surface area contributed by atoms with Crippen molar-refractivity contribution in [1.29, 1.82) is 0 Å². The predicted molar refractivity (Wildman–Crippen MR) is 128 cm³/mol. The van der Waals surface area contributed by atoms with Crippen molar-refractivity contribution in [2.24, 2.45) is 0 Å². The van der Waals surface area contributed by atoms with Crippen LogP contribution in [0.15, 0.2) is 87.2 Å². The number of fused-ring (bicyclic) bond motifs is 3. The zero-order valence-electron chi connectivity index (χ0n) is 17.5. The van der Waals surface area contributed by atoms with Crippen molar-refractivity contribution in [1.82, 2.24) is 9.55 Å². The van der Waals surface area contributed by atoms with Crippen LogP contribution in [0.1, 0.15) is 5.56 Å². The van der Waals surface area contributed by atoms with Gasteiger partial charge >= 0.3 is 5.56 Å². The first-order valence-electron chi connectivity index (χ1n) is 10.2. The van der Waals surface area contributed by atoms with Gasteiger partial charge in [-0.1, -0.05) is 42.1 Å². The highest BCUT2D eigenvalue weighted by atomic mass is 32.2. The van der Waals surface area contributed by atoms with E-state index in [0.29, 0.717) is 27.6 Å². The van der Waals surface area contributed by atoms with Crippen LogP contribution in [0.5, 0.6) is 0 Å². The highest BCUT2D eigenvalue weighted by Gasteiger charge is 2.19. The fourth-order valence-corrected chi connectivity index (χ4v) is 4.41. The van der Waals surface area contributed by atoms with Crippen LogP contribution in [0.2, 0.25) is 0 Å². The zero-order valence-corrected chi connectivity index (χ0v) is 18.4. The maximum Gasteiger partial charge on any atom is 0.302 e. The minimum atomic E-state index is -0.437. The molecule has 3 aromatic carbocycles. The summed E-state index contributed by atoms with van der Waals surface area (Å²) in [7, 11) is 0. The number of para-hydroxylation sites is 1. The molecule has 5 aromatic rings. The number of thioether (sulfide) groups is 1. The Morgan fingerprint density at radius 3 is 2.73 bits per heavy atom. The van der Waals surface area contributed by atoms with Gasteiger partial charge in [0.25, 0.3) is 0 Å². The lowest BCUT2D eigenvalue weighted by atomic mass is 10.2. The molecule has 1 amide bonds. The van der Waals surface area contributed by atoms with Crippen LogP contribution in [0.3, 0.4) is 0 Å². The molecule has 0 aliphatic rings. The Hall–Kier alpha value is -3.91. The topological polar surface area (TPSA) is 77.1 Å². The van der Waals surface area contributed by atoms with Crippen molar-refractivity contribution >= 4 is 45.4 Å². The summed E-state index contributed by atoms with van der Waals surface area (Å²) in [6.45, 7) is 1.93. The fraction of sp³-hybridized carbons (Fsp3) is 0.0800. The molecule has 0 aliphatic heterocycles. The molecule has 0 unspecified atom stereocenters. The highest BCUT2D eigenvalue weighted by molar-refractivity contribution is 7.99. The summed E-state index contributed by atoms with van der Waals surface area (Å²) in [5.74, 6) is -0.795. The van der Waals surface area contributed by atoms with E-state index < -0.39 is 5.82 Å². The molecule has 1 N–H and O–H groups in total. The molecule has 0 saturated heterocycles. The highest BCUT2D eigenvalue weighted by Crippen LogP contribution is 2.28. The maximum absolute atomic E-state index is 13.5. The average molecular weight is 460 g/mol. The van der Waals surface area contributed by atoms with E-state index in [-0.39, 0.29) is 22.8 Å². The number of nitrogens with zero attached hydrogens (tertiary/aromatic N) is 2. The van der Waals surface area contributed by atoms with Crippen LogP contribution >= 0.6 is 11.8 Å². The molecule has 2 aromatic heterocycles. The molecule has 33 heavy (non-hydrogen) atoms. The van der Waals surface area contributed by atoms with Gasteiger partial charge in [-0.3, -0.25) is 14.2 Å². The summed E-state index contributed by atoms with van der Waals surface area (Å²) in [6, 6.07) is 20.4. The number of amides is 1. The zero-order chi connectivity index (χ0) is 22.9. The minimum absolute atomic E-state index is 0.0178. The maximum atomic E-state index is 13.5. The summed E-state index contributed by atoms with van der Waals surface area (Å²) in [6.07, 6.45) is 0. The van der Waals surface area contributed by atoms with Gasteiger partial charge in [0.05, 0.1) is 11.4 Å². The van der Waals surface area contributed by atoms with Gasteiger partial charge in [-0.05, 0) is 55.0 Å². The molecule has 5 rings (SSSR count). The molecule has 8 heteroatoms. The van der Waals surface area contributed by atoms with Crippen molar-refractivity contribution in [3.8, 4) is 5.69 Å². The number of rotatable bonds is 5. The number of carbonyl (C=O) groups is 1. The van der Waals surface area contributed by atoms with Gasteiger partial charge in [0.2, 0.25) is 11.5 Å². The second-order valence-corrected chi connectivity index (χ2v) is 8.44. The fourth-order valence-electron chi connectivity index (χ4n) is 3.61. The smallest absolute Gasteiger partial charge is 0.302 e. The second kappa shape index (κ2) is 8.55.